The Morgan fingerprint density at radius 1 is 1.19 bits per heavy atom. The summed E-state index contributed by atoms with van der Waals surface area (Å²) in [5.74, 6) is 0.862. The number of allylic oxidation sites excluding steroid dienone is 3. The van der Waals surface area contributed by atoms with Gasteiger partial charge in [0.1, 0.15) is 11.9 Å². The van der Waals surface area contributed by atoms with Gasteiger partial charge in [0.2, 0.25) is 0 Å². The number of aliphatic hydroxyl groups is 1. The number of carbonyl (C=O) groups excluding carboxylic acids is 2. The molecule has 3 aliphatic heterocycles. The molecular weight excluding hydrogens is 450 g/mol. The number of nitrogens with one attached hydrogen (secondary N) is 1. The van der Waals surface area contributed by atoms with Crippen LogP contribution in [0.2, 0.25) is 0 Å². The molecule has 0 aromatic heterocycles. The van der Waals surface area contributed by atoms with E-state index in [1.807, 2.05) is 30.3 Å². The van der Waals surface area contributed by atoms with Crippen LogP contribution in [0.25, 0.3) is 0 Å². The molecule has 3 aliphatic carbocycles. The number of carbonyl (C=O) groups is 2. The molecule has 3 heterocycles. The maximum atomic E-state index is 14.3. The summed E-state index contributed by atoms with van der Waals surface area (Å²) in [6.07, 6.45) is 7.78. The zero-order valence-corrected chi connectivity index (χ0v) is 21.7. The minimum absolute atomic E-state index is 0.0122. The summed E-state index contributed by atoms with van der Waals surface area (Å²) in [5, 5.41) is 13.9. The molecule has 190 valence electrons. The van der Waals surface area contributed by atoms with Crippen molar-refractivity contribution < 1.29 is 19.4 Å². The van der Waals surface area contributed by atoms with E-state index in [2.05, 4.69) is 45.7 Å². The zero-order chi connectivity index (χ0) is 25.6. The molecule has 2 saturated carbocycles. The van der Waals surface area contributed by atoms with Gasteiger partial charge in [0.05, 0.1) is 5.57 Å². The van der Waals surface area contributed by atoms with Crippen LogP contribution in [0.5, 0.6) is 5.75 Å². The van der Waals surface area contributed by atoms with E-state index in [1.54, 1.807) is 0 Å². The fourth-order valence-electron chi connectivity index (χ4n) is 9.24. The van der Waals surface area contributed by atoms with Crippen LogP contribution in [-0.4, -0.2) is 28.6 Å². The van der Waals surface area contributed by atoms with E-state index in [1.165, 1.54) is 11.6 Å². The lowest BCUT2D eigenvalue weighted by atomic mass is 9.55. The topological polar surface area (TPSA) is 75.6 Å². The van der Waals surface area contributed by atoms with Crippen molar-refractivity contribution >= 4 is 11.7 Å². The van der Waals surface area contributed by atoms with Crippen molar-refractivity contribution in [3.05, 3.63) is 65.8 Å². The second-order valence-electron chi connectivity index (χ2n) is 12.6. The highest BCUT2D eigenvalue weighted by Gasteiger charge is 2.66. The predicted molar refractivity (Wildman–Crippen MR) is 138 cm³/mol. The first kappa shape index (κ1) is 23.7. The van der Waals surface area contributed by atoms with Crippen LogP contribution < -0.4 is 10.1 Å². The summed E-state index contributed by atoms with van der Waals surface area (Å²) in [5.41, 5.74) is 0.635. The zero-order valence-electron chi connectivity index (χ0n) is 21.7. The molecule has 2 fully saturated rings. The van der Waals surface area contributed by atoms with Gasteiger partial charge in [-0.25, -0.2) is 0 Å². The van der Waals surface area contributed by atoms with Crippen LogP contribution in [-0.2, 0) is 16.0 Å². The first-order chi connectivity index (χ1) is 17.0. The van der Waals surface area contributed by atoms with Crippen LogP contribution in [0.1, 0.15) is 46.1 Å². The van der Waals surface area contributed by atoms with Crippen molar-refractivity contribution in [2.45, 2.75) is 58.8 Å². The lowest BCUT2D eigenvalue weighted by Crippen LogP contribution is -2.46. The van der Waals surface area contributed by atoms with E-state index in [4.69, 9.17) is 4.74 Å². The van der Waals surface area contributed by atoms with Gasteiger partial charge < -0.3 is 15.2 Å². The third-order valence-corrected chi connectivity index (χ3v) is 10.0. The Kier molecular flexibility index (Phi) is 5.22. The van der Waals surface area contributed by atoms with E-state index < -0.39 is 17.6 Å². The molecule has 36 heavy (non-hydrogen) atoms. The number of fused-ring (bicyclic) bond motifs is 4. The first-order valence-electron chi connectivity index (χ1n) is 13.4. The van der Waals surface area contributed by atoms with Crippen molar-refractivity contribution in [1.82, 2.24) is 5.32 Å². The maximum Gasteiger partial charge on any atom is 0.257 e. The number of Topliss-reactive ketones (excluding diaryl/α,β-unsaturated/α-hetero) is 1. The maximum absolute atomic E-state index is 14.3. The summed E-state index contributed by atoms with van der Waals surface area (Å²) < 4.78 is 6.91. The molecule has 7 rings (SSSR count). The van der Waals surface area contributed by atoms with Gasteiger partial charge in [-0.1, -0.05) is 50.6 Å². The molecule has 10 unspecified atom stereocenters. The minimum atomic E-state index is -1.58. The van der Waals surface area contributed by atoms with Gasteiger partial charge in [0.25, 0.3) is 5.91 Å². The van der Waals surface area contributed by atoms with Gasteiger partial charge in [-0.3, -0.25) is 9.59 Å². The Morgan fingerprint density at radius 3 is 2.61 bits per heavy atom. The van der Waals surface area contributed by atoms with Crippen LogP contribution in [0.4, 0.5) is 0 Å². The van der Waals surface area contributed by atoms with Gasteiger partial charge in [0.15, 0.2) is 11.5 Å². The minimum Gasteiger partial charge on any atom is -0.490 e. The molecule has 1 aromatic carbocycles. The number of amides is 1. The smallest absolute Gasteiger partial charge is 0.257 e. The third-order valence-electron chi connectivity index (χ3n) is 10.0. The van der Waals surface area contributed by atoms with E-state index in [0.29, 0.717) is 17.8 Å². The molecule has 2 N–H and O–H groups in total. The Labute approximate surface area is 213 Å². The molecule has 1 aromatic rings. The summed E-state index contributed by atoms with van der Waals surface area (Å²) in [7, 11) is 0. The van der Waals surface area contributed by atoms with Crippen molar-refractivity contribution in [2.24, 2.45) is 46.8 Å². The molecule has 0 spiro atoms. The molecule has 4 bridgehead atoms. The SMILES string of the molecule is C=CC1C=C(C)C2C3C(Oc4ccc(cc4)CC4(O)C=C(C(=O)N4)C(=O)C13)C1C(C)CC(C)CC21C. The summed E-state index contributed by atoms with van der Waals surface area (Å²) in [4.78, 5) is 27.4. The van der Waals surface area contributed by atoms with Crippen LogP contribution in [0.15, 0.2) is 60.2 Å². The number of rotatable bonds is 1. The van der Waals surface area contributed by atoms with E-state index in [0.717, 1.165) is 24.2 Å². The van der Waals surface area contributed by atoms with Crippen molar-refractivity contribution in [1.29, 1.82) is 0 Å². The van der Waals surface area contributed by atoms with Gasteiger partial charge in [0, 0.05) is 30.1 Å². The average molecular weight is 488 g/mol. The van der Waals surface area contributed by atoms with Crippen molar-refractivity contribution in [3.8, 4) is 5.75 Å². The number of hydrogen-bond acceptors (Lipinski definition) is 4. The Balaban J connectivity index is 1.59. The summed E-state index contributed by atoms with van der Waals surface area (Å²) in [6, 6.07) is 7.82. The summed E-state index contributed by atoms with van der Waals surface area (Å²) >= 11 is 0. The van der Waals surface area contributed by atoms with Crippen LogP contribution in [0, 0.1) is 46.8 Å². The molecular formula is C31H37NO4. The number of ether oxygens (including phenoxy) is 1. The molecule has 0 radical (unpaired) electrons. The molecule has 6 aliphatic rings. The molecule has 5 nitrogen and oxygen atoms in total. The van der Waals surface area contributed by atoms with Gasteiger partial charge in [-0.15, -0.1) is 6.58 Å². The number of hydrogen-bond donors (Lipinski definition) is 2. The second-order valence-corrected chi connectivity index (χ2v) is 12.6. The average Bonchev–Trinajstić information content (AvgIpc) is 3.24. The van der Waals surface area contributed by atoms with E-state index in [-0.39, 0.29) is 47.0 Å². The highest BCUT2D eigenvalue weighted by molar-refractivity contribution is 6.22. The van der Waals surface area contributed by atoms with Crippen LogP contribution >= 0.6 is 0 Å². The van der Waals surface area contributed by atoms with E-state index in [9.17, 15) is 14.7 Å². The largest absolute Gasteiger partial charge is 0.490 e. The first-order valence-corrected chi connectivity index (χ1v) is 13.4. The molecule has 10 atom stereocenters. The van der Waals surface area contributed by atoms with Crippen molar-refractivity contribution in [2.75, 3.05) is 0 Å². The van der Waals surface area contributed by atoms with Gasteiger partial charge in [-0.05, 0) is 66.7 Å². The standard InChI is InChI=1S/C31H37NO4/c1-6-20-12-18(4)25-24-23(20)27(33)22-15-31(35,32-29(22)34)14-19-7-9-21(10-8-19)36-28(24)26-17(3)11-16(2)13-30(25,26)5/h6-10,12,15-17,20,23-26,28,35H,1,11,13-14H2,2-5H3,(H,32,34). The monoisotopic (exact) mass is 487 g/mol. The third kappa shape index (κ3) is 3.31. The fraction of sp³-hybridized carbons (Fsp3) is 0.548. The molecule has 1 amide bonds. The fourth-order valence-corrected chi connectivity index (χ4v) is 9.24. The van der Waals surface area contributed by atoms with Crippen molar-refractivity contribution in [3.63, 3.8) is 0 Å². The van der Waals surface area contributed by atoms with Crippen LogP contribution in [0.3, 0.4) is 0 Å². The lowest BCUT2D eigenvalue weighted by molar-refractivity contribution is -0.128. The summed E-state index contributed by atoms with van der Waals surface area (Å²) in [6.45, 7) is 13.4. The number of benzene rings is 1. The number of ketones is 1. The van der Waals surface area contributed by atoms with Gasteiger partial charge in [-0.2, -0.15) is 0 Å². The van der Waals surface area contributed by atoms with Gasteiger partial charge >= 0.3 is 0 Å². The normalized spacial score (nSPS) is 45.1. The quantitative estimate of drug-likeness (QED) is 0.448. The lowest BCUT2D eigenvalue weighted by Gasteiger charge is -2.48. The second kappa shape index (κ2) is 7.92. The van der Waals surface area contributed by atoms with E-state index >= 15 is 0 Å². The molecule has 0 saturated heterocycles. The Morgan fingerprint density at radius 2 is 1.92 bits per heavy atom. The predicted octanol–water partition coefficient (Wildman–Crippen LogP) is 4.62. The Hall–Kier alpha value is -2.66. The Bertz CT molecular complexity index is 1200. The molecule has 5 heteroatoms. The highest BCUT2D eigenvalue weighted by Crippen LogP contribution is 2.67. The highest BCUT2D eigenvalue weighted by atomic mass is 16.5.